The molecule has 1 amide bonds. The quantitative estimate of drug-likeness (QED) is 0.728. The molecule has 3 N–H and O–H groups in total. The highest BCUT2D eigenvalue weighted by Gasteiger charge is 2.48. The van der Waals surface area contributed by atoms with Crippen LogP contribution in [0.25, 0.3) is 0 Å². The van der Waals surface area contributed by atoms with E-state index >= 15 is 0 Å². The molecule has 1 saturated heterocycles. The number of amides is 1. The fraction of sp³-hybridized carbons (Fsp3) is 0.900. The number of nitrogens with two attached hydrogens (primary N) is 1. The number of rotatable bonds is 3. The van der Waals surface area contributed by atoms with Crippen molar-refractivity contribution in [1.29, 1.82) is 0 Å². The van der Waals surface area contributed by atoms with Crippen LogP contribution in [-0.2, 0) is 4.79 Å². The molecule has 3 nitrogen and oxygen atoms in total. The van der Waals surface area contributed by atoms with E-state index in [1.165, 1.54) is 12.2 Å². The Kier molecular flexibility index (Phi) is 3.02. The van der Waals surface area contributed by atoms with Crippen molar-refractivity contribution in [3.63, 3.8) is 0 Å². The van der Waals surface area contributed by atoms with E-state index in [1.807, 2.05) is 11.8 Å². The van der Waals surface area contributed by atoms with Crippen LogP contribution in [0.4, 0.5) is 0 Å². The summed E-state index contributed by atoms with van der Waals surface area (Å²) >= 11 is 1.94. The van der Waals surface area contributed by atoms with Gasteiger partial charge in [-0.15, -0.1) is 0 Å². The van der Waals surface area contributed by atoms with Gasteiger partial charge in [0.15, 0.2) is 0 Å². The Labute approximate surface area is 89.2 Å². The monoisotopic (exact) mass is 214 g/mol. The van der Waals surface area contributed by atoms with Gasteiger partial charge in [0.2, 0.25) is 5.91 Å². The molecule has 1 atom stereocenters. The molecule has 2 aliphatic rings. The fourth-order valence-corrected chi connectivity index (χ4v) is 2.94. The van der Waals surface area contributed by atoms with Crippen LogP contribution >= 0.6 is 11.8 Å². The van der Waals surface area contributed by atoms with E-state index in [1.54, 1.807) is 0 Å². The van der Waals surface area contributed by atoms with E-state index in [0.29, 0.717) is 12.6 Å². The average Bonchev–Trinajstić information content (AvgIpc) is 3.00. The van der Waals surface area contributed by atoms with Crippen molar-refractivity contribution in [2.75, 3.05) is 18.1 Å². The summed E-state index contributed by atoms with van der Waals surface area (Å²) in [5.41, 5.74) is 5.43. The Morgan fingerprint density at radius 3 is 2.86 bits per heavy atom. The van der Waals surface area contributed by atoms with Crippen molar-refractivity contribution in [1.82, 2.24) is 5.32 Å². The Morgan fingerprint density at radius 2 is 2.36 bits per heavy atom. The van der Waals surface area contributed by atoms with Crippen LogP contribution in [0.3, 0.4) is 0 Å². The van der Waals surface area contributed by atoms with Crippen molar-refractivity contribution in [2.24, 2.45) is 11.1 Å². The highest BCUT2D eigenvalue weighted by molar-refractivity contribution is 7.99. The van der Waals surface area contributed by atoms with Crippen LogP contribution in [0.15, 0.2) is 0 Å². The van der Waals surface area contributed by atoms with E-state index in [2.05, 4.69) is 5.32 Å². The predicted molar refractivity (Wildman–Crippen MR) is 59.2 cm³/mol. The van der Waals surface area contributed by atoms with Gasteiger partial charge in [0.05, 0.1) is 5.41 Å². The minimum absolute atomic E-state index is 0.178. The summed E-state index contributed by atoms with van der Waals surface area (Å²) in [7, 11) is 0. The molecule has 2 fully saturated rings. The van der Waals surface area contributed by atoms with Gasteiger partial charge >= 0.3 is 0 Å². The second-order valence-corrected chi connectivity index (χ2v) is 5.52. The molecular weight excluding hydrogens is 196 g/mol. The summed E-state index contributed by atoms with van der Waals surface area (Å²) in [6.45, 7) is 0.513. The Bertz CT molecular complexity index is 222. The molecule has 14 heavy (non-hydrogen) atoms. The summed E-state index contributed by atoms with van der Waals surface area (Å²) in [6, 6.07) is 0.394. The predicted octanol–water partition coefficient (Wildman–Crippen LogP) is 0.737. The summed E-state index contributed by atoms with van der Waals surface area (Å²) in [6.07, 6.45) is 4.33. The molecule has 80 valence electrons. The summed E-state index contributed by atoms with van der Waals surface area (Å²) in [5.74, 6) is 2.52. The largest absolute Gasteiger partial charge is 0.352 e. The third-order valence-corrected chi connectivity index (χ3v) is 4.44. The lowest BCUT2D eigenvalue weighted by molar-refractivity contribution is -0.126. The normalized spacial score (nSPS) is 29.6. The second kappa shape index (κ2) is 4.11. The Hall–Kier alpha value is -0.220. The first-order chi connectivity index (χ1) is 6.77. The summed E-state index contributed by atoms with van der Waals surface area (Å²) < 4.78 is 0. The van der Waals surface area contributed by atoms with Crippen LogP contribution in [0, 0.1) is 5.41 Å². The fourth-order valence-electron chi connectivity index (χ4n) is 1.87. The number of carbonyl (C=O) groups excluding carboxylic acids is 1. The molecular formula is C10H18N2OS. The zero-order valence-corrected chi connectivity index (χ0v) is 9.24. The minimum Gasteiger partial charge on any atom is -0.352 e. The number of hydrogen-bond acceptors (Lipinski definition) is 3. The Balaban J connectivity index is 1.81. The second-order valence-electron chi connectivity index (χ2n) is 4.37. The topological polar surface area (TPSA) is 55.1 Å². The third kappa shape index (κ3) is 2.06. The van der Waals surface area contributed by atoms with E-state index in [4.69, 9.17) is 5.73 Å². The van der Waals surface area contributed by atoms with Crippen LogP contribution < -0.4 is 11.1 Å². The lowest BCUT2D eigenvalue weighted by atomic mass is 10.1. The zero-order valence-electron chi connectivity index (χ0n) is 8.42. The number of thioether (sulfide) groups is 1. The van der Waals surface area contributed by atoms with Crippen LogP contribution in [-0.4, -0.2) is 30.0 Å². The molecule has 0 spiro atoms. The van der Waals surface area contributed by atoms with E-state index in [-0.39, 0.29) is 11.3 Å². The first-order valence-corrected chi connectivity index (χ1v) is 6.51. The van der Waals surface area contributed by atoms with Crippen molar-refractivity contribution in [3.05, 3.63) is 0 Å². The molecule has 1 aliphatic carbocycles. The van der Waals surface area contributed by atoms with Gasteiger partial charge in [0, 0.05) is 18.3 Å². The standard InChI is InChI=1S/C10H18N2OS/c11-7-10(3-4-10)9(13)12-8-2-1-5-14-6-8/h8H,1-7,11H2,(H,12,13). The van der Waals surface area contributed by atoms with Gasteiger partial charge in [-0.25, -0.2) is 0 Å². The average molecular weight is 214 g/mol. The zero-order chi connectivity index (χ0) is 10.0. The maximum atomic E-state index is 11.8. The molecule has 0 bridgehead atoms. The van der Waals surface area contributed by atoms with E-state index in [9.17, 15) is 4.79 Å². The highest BCUT2D eigenvalue weighted by atomic mass is 32.2. The molecule has 4 heteroatoms. The van der Waals surface area contributed by atoms with Crippen molar-refractivity contribution < 1.29 is 4.79 Å². The van der Waals surface area contributed by atoms with Gasteiger partial charge in [-0.1, -0.05) is 0 Å². The molecule has 1 aliphatic heterocycles. The lowest BCUT2D eigenvalue weighted by Crippen LogP contribution is -2.44. The summed E-state index contributed by atoms with van der Waals surface area (Å²) in [4.78, 5) is 11.8. The van der Waals surface area contributed by atoms with Crippen molar-refractivity contribution >= 4 is 17.7 Å². The van der Waals surface area contributed by atoms with Gasteiger partial charge in [0.25, 0.3) is 0 Å². The first kappa shape index (κ1) is 10.3. The number of hydrogen-bond donors (Lipinski definition) is 2. The molecule has 1 unspecified atom stereocenters. The van der Waals surface area contributed by atoms with Gasteiger partial charge in [-0.2, -0.15) is 11.8 Å². The van der Waals surface area contributed by atoms with Gasteiger partial charge in [0.1, 0.15) is 0 Å². The number of carbonyl (C=O) groups is 1. The SMILES string of the molecule is NCC1(C(=O)NC2CCCSC2)CC1. The molecule has 1 heterocycles. The highest BCUT2D eigenvalue weighted by Crippen LogP contribution is 2.44. The minimum atomic E-state index is -0.178. The van der Waals surface area contributed by atoms with Crippen molar-refractivity contribution in [3.8, 4) is 0 Å². The lowest BCUT2D eigenvalue weighted by Gasteiger charge is -2.24. The van der Waals surface area contributed by atoms with Gasteiger partial charge < -0.3 is 11.1 Å². The van der Waals surface area contributed by atoms with Crippen molar-refractivity contribution in [2.45, 2.75) is 31.7 Å². The van der Waals surface area contributed by atoms with Crippen LogP contribution in [0.1, 0.15) is 25.7 Å². The van der Waals surface area contributed by atoms with Gasteiger partial charge in [-0.05, 0) is 31.4 Å². The molecule has 2 rings (SSSR count). The van der Waals surface area contributed by atoms with E-state index in [0.717, 1.165) is 25.0 Å². The molecule has 0 aromatic rings. The molecule has 0 aromatic carbocycles. The maximum Gasteiger partial charge on any atom is 0.227 e. The maximum absolute atomic E-state index is 11.8. The molecule has 0 radical (unpaired) electrons. The first-order valence-electron chi connectivity index (χ1n) is 5.36. The molecule has 1 saturated carbocycles. The van der Waals surface area contributed by atoms with Gasteiger partial charge in [-0.3, -0.25) is 4.79 Å². The third-order valence-electron chi connectivity index (χ3n) is 3.22. The van der Waals surface area contributed by atoms with Crippen LogP contribution in [0.5, 0.6) is 0 Å². The molecule has 0 aromatic heterocycles. The number of nitrogens with one attached hydrogen (secondary N) is 1. The smallest absolute Gasteiger partial charge is 0.227 e. The van der Waals surface area contributed by atoms with Crippen LogP contribution in [0.2, 0.25) is 0 Å². The summed E-state index contributed by atoms with van der Waals surface area (Å²) in [5, 5.41) is 3.13. The Morgan fingerprint density at radius 1 is 1.57 bits per heavy atom. The van der Waals surface area contributed by atoms with E-state index < -0.39 is 0 Å².